The number of carbonyl (C=O) groups is 3. The van der Waals surface area contributed by atoms with Crippen molar-refractivity contribution in [3.05, 3.63) is 0 Å². The average Bonchev–Trinajstić information content (AvgIpc) is 2.41. The van der Waals surface area contributed by atoms with Gasteiger partial charge in [-0.05, 0) is 38.5 Å². The van der Waals surface area contributed by atoms with E-state index >= 15 is 0 Å². The van der Waals surface area contributed by atoms with Gasteiger partial charge < -0.3 is 29.7 Å². The van der Waals surface area contributed by atoms with Crippen molar-refractivity contribution in [1.29, 1.82) is 0 Å². The van der Waals surface area contributed by atoms with Crippen LogP contribution in [0.3, 0.4) is 0 Å². The van der Waals surface area contributed by atoms with Gasteiger partial charge in [0, 0.05) is 17.9 Å². The molecule has 127 valence electrons. The normalized spacial score (nSPS) is 8.32. The van der Waals surface area contributed by atoms with Crippen molar-refractivity contribution in [1.82, 2.24) is 0 Å². The minimum absolute atomic E-state index is 0. The number of rotatable bonds is 9. The van der Waals surface area contributed by atoms with E-state index in [9.17, 15) is 29.7 Å². The van der Waals surface area contributed by atoms with Crippen molar-refractivity contribution in [3.63, 3.8) is 0 Å². The Labute approximate surface area is 167 Å². The molecule has 0 heterocycles. The van der Waals surface area contributed by atoms with Crippen LogP contribution in [0.25, 0.3) is 0 Å². The van der Waals surface area contributed by atoms with Gasteiger partial charge in [-0.25, -0.2) is 0 Å². The first-order chi connectivity index (χ1) is 9.81. The summed E-state index contributed by atoms with van der Waals surface area (Å²) in [5.74, 6) is -2.83. The first-order valence-corrected chi connectivity index (χ1v) is 7.41. The van der Waals surface area contributed by atoms with Gasteiger partial charge in [-0.3, -0.25) is 0 Å². The van der Waals surface area contributed by atoms with E-state index in [1.54, 1.807) is 0 Å². The van der Waals surface area contributed by atoms with Crippen LogP contribution < -0.4 is 15.3 Å². The second-order valence-electron chi connectivity index (χ2n) is 4.43. The summed E-state index contributed by atoms with van der Waals surface area (Å²) in [6.07, 6.45) is 5.60. The van der Waals surface area contributed by atoms with E-state index in [4.69, 9.17) is 0 Å². The van der Waals surface area contributed by atoms with Crippen molar-refractivity contribution in [2.24, 2.45) is 0 Å². The summed E-state index contributed by atoms with van der Waals surface area (Å²) in [5, 5.41) is 28.9. The van der Waals surface area contributed by atoms with Crippen molar-refractivity contribution < 1.29 is 71.5 Å². The number of aliphatic carboxylic acids is 3. The van der Waals surface area contributed by atoms with E-state index < -0.39 is 17.9 Å². The van der Waals surface area contributed by atoms with Gasteiger partial charge in [0.2, 0.25) is 0 Å². The zero-order valence-corrected chi connectivity index (χ0v) is 17.0. The maximum atomic E-state index is 9.65. The smallest absolute Gasteiger partial charge is 0.550 e. The summed E-state index contributed by atoms with van der Waals surface area (Å²) in [6.45, 7) is 5.84. The van der Waals surface area contributed by atoms with Gasteiger partial charge in [0.1, 0.15) is 0 Å². The molecule has 0 aliphatic rings. The minimum Gasteiger partial charge on any atom is -0.550 e. The third-order valence-electron chi connectivity index (χ3n) is 2.20. The van der Waals surface area contributed by atoms with E-state index in [-0.39, 0.29) is 61.0 Å². The molecule has 0 fully saturated rings. The number of carbonyl (C=O) groups excluding carboxylic acids is 3. The van der Waals surface area contributed by atoms with E-state index in [2.05, 4.69) is 0 Å². The largest absolute Gasteiger partial charge is 3.00 e. The molecule has 7 heteroatoms. The molecule has 1 radical (unpaired) electrons. The Kier molecular flexibility index (Phi) is 34.8. The molecule has 0 bridgehead atoms. The fourth-order valence-electron chi connectivity index (χ4n) is 0.963. The van der Waals surface area contributed by atoms with E-state index in [0.717, 1.165) is 38.5 Å². The zero-order chi connectivity index (χ0) is 17.1. The quantitative estimate of drug-likeness (QED) is 0.486. The van der Waals surface area contributed by atoms with Gasteiger partial charge in [-0.15, -0.1) is 0 Å². The predicted octanol–water partition coefficient (Wildman–Crippen LogP) is -0.220. The third kappa shape index (κ3) is 50.3. The fraction of sp³-hybridized carbons (Fsp3) is 0.800. The van der Waals surface area contributed by atoms with Crippen LogP contribution in [0.2, 0.25) is 0 Å². The van der Waals surface area contributed by atoms with Crippen molar-refractivity contribution in [2.45, 2.75) is 78.6 Å². The Bertz CT molecular complexity index is 226. The average molecular weight is 443 g/mol. The van der Waals surface area contributed by atoms with Crippen LogP contribution in [0.4, 0.5) is 0 Å². The van der Waals surface area contributed by atoms with Crippen molar-refractivity contribution >= 4 is 17.9 Å². The maximum absolute atomic E-state index is 9.65. The SMILES string of the molecule is CCCCC(=O)[O-].CCCCC(=O)[O-].CCCCC(=O)[O-].[Ce+3]. The third-order valence-corrected chi connectivity index (χ3v) is 2.20. The molecule has 0 aliphatic carbocycles. The molecular weight excluding hydrogens is 416 g/mol. The van der Waals surface area contributed by atoms with Crippen LogP contribution in [-0.2, 0) is 14.4 Å². The molecule has 0 amide bonds. The molecule has 0 atom stereocenters. The molecular formula is C15H27CeO6. The Morgan fingerprint density at radius 3 is 0.818 bits per heavy atom. The minimum atomic E-state index is -0.943. The molecule has 0 aliphatic heterocycles. The molecule has 0 spiro atoms. The second-order valence-corrected chi connectivity index (χ2v) is 4.43. The van der Waals surface area contributed by atoms with Gasteiger partial charge in [-0.2, -0.15) is 0 Å². The molecule has 0 rings (SSSR count). The topological polar surface area (TPSA) is 120 Å². The summed E-state index contributed by atoms with van der Waals surface area (Å²) in [7, 11) is 0. The number of carboxylic acids is 3. The molecule has 0 aromatic heterocycles. The maximum Gasteiger partial charge on any atom is 3.00 e. The van der Waals surface area contributed by atoms with Gasteiger partial charge in [0.25, 0.3) is 0 Å². The molecule has 0 saturated carbocycles. The van der Waals surface area contributed by atoms with Crippen LogP contribution in [0.15, 0.2) is 0 Å². The Morgan fingerprint density at radius 1 is 0.591 bits per heavy atom. The van der Waals surface area contributed by atoms with E-state index in [1.807, 2.05) is 20.8 Å². The Balaban J connectivity index is -0.000000108. The Hall–Kier alpha value is -0.213. The van der Waals surface area contributed by atoms with Crippen molar-refractivity contribution in [2.75, 3.05) is 0 Å². The van der Waals surface area contributed by atoms with Gasteiger partial charge >= 0.3 is 41.7 Å². The van der Waals surface area contributed by atoms with Crippen LogP contribution in [0.5, 0.6) is 0 Å². The van der Waals surface area contributed by atoms with Crippen molar-refractivity contribution in [3.8, 4) is 0 Å². The van der Waals surface area contributed by atoms with Gasteiger partial charge in [0.15, 0.2) is 0 Å². The van der Waals surface area contributed by atoms with Gasteiger partial charge in [-0.1, -0.05) is 40.0 Å². The van der Waals surface area contributed by atoms with Crippen LogP contribution >= 0.6 is 0 Å². The van der Waals surface area contributed by atoms with Crippen LogP contribution in [-0.4, -0.2) is 17.9 Å². The van der Waals surface area contributed by atoms with Gasteiger partial charge in [0.05, 0.1) is 0 Å². The summed E-state index contributed by atoms with van der Waals surface area (Å²) in [6, 6.07) is 0. The molecule has 0 N–H and O–H groups in total. The standard InChI is InChI=1S/3C5H10O2.Ce/c3*1-2-3-4-5(6)7;/h3*2-4H2,1H3,(H,6,7);/q;;;+3/p-3. The zero-order valence-electron chi connectivity index (χ0n) is 13.8. The summed E-state index contributed by atoms with van der Waals surface area (Å²) >= 11 is 0. The molecule has 22 heavy (non-hydrogen) atoms. The monoisotopic (exact) mass is 443 g/mol. The number of hydrogen-bond acceptors (Lipinski definition) is 6. The molecule has 0 aromatic carbocycles. The Morgan fingerprint density at radius 2 is 0.773 bits per heavy atom. The fourth-order valence-corrected chi connectivity index (χ4v) is 0.963. The number of unbranched alkanes of at least 4 members (excludes halogenated alkanes) is 3. The summed E-state index contributed by atoms with van der Waals surface area (Å²) in [4.78, 5) is 28.9. The number of carboxylic acid groups (broad SMARTS) is 3. The molecule has 0 unspecified atom stereocenters. The predicted molar refractivity (Wildman–Crippen MR) is 73.6 cm³/mol. The van der Waals surface area contributed by atoms with E-state index in [0.29, 0.717) is 0 Å². The number of hydrogen-bond donors (Lipinski definition) is 0. The van der Waals surface area contributed by atoms with E-state index in [1.165, 1.54) is 0 Å². The first kappa shape index (κ1) is 29.8. The molecule has 0 aromatic rings. The van der Waals surface area contributed by atoms with Crippen LogP contribution in [0.1, 0.15) is 78.6 Å². The second kappa shape index (κ2) is 25.7. The summed E-state index contributed by atoms with van der Waals surface area (Å²) < 4.78 is 0. The first-order valence-electron chi connectivity index (χ1n) is 7.41. The summed E-state index contributed by atoms with van der Waals surface area (Å²) in [5.41, 5.74) is 0. The molecule has 6 nitrogen and oxygen atoms in total. The van der Waals surface area contributed by atoms with Crippen LogP contribution in [0, 0.1) is 41.7 Å². The molecule has 0 saturated heterocycles.